The van der Waals surface area contributed by atoms with Crippen molar-refractivity contribution in [2.75, 3.05) is 16.2 Å². The number of carbonyl (C=O) groups is 2. The Morgan fingerprint density at radius 2 is 1.65 bits per heavy atom. The number of hydrogen-bond donors (Lipinski definition) is 2. The third-order valence-corrected chi connectivity index (χ3v) is 6.44. The summed E-state index contributed by atoms with van der Waals surface area (Å²) in [6.45, 7) is 1.08. The van der Waals surface area contributed by atoms with Crippen LogP contribution in [0.1, 0.15) is 34.3 Å². The Balaban J connectivity index is 1.30. The smallest absolute Gasteiger partial charge is 0.255 e. The number of nitrogens with zero attached hydrogens (tertiary/aromatic N) is 1. The molecule has 1 saturated heterocycles. The van der Waals surface area contributed by atoms with Crippen LogP contribution in [0.15, 0.2) is 84.3 Å². The summed E-state index contributed by atoms with van der Waals surface area (Å²) in [6.07, 6.45) is 2.98. The van der Waals surface area contributed by atoms with Crippen LogP contribution in [0, 0.1) is 0 Å². The lowest BCUT2D eigenvalue weighted by atomic mass is 10.1. The van der Waals surface area contributed by atoms with Crippen LogP contribution in [-0.4, -0.2) is 26.8 Å². The van der Waals surface area contributed by atoms with E-state index in [2.05, 4.69) is 10.0 Å². The van der Waals surface area contributed by atoms with Crippen LogP contribution in [0.3, 0.4) is 0 Å². The molecular formula is C26H25N3O4S. The topological polar surface area (TPSA) is 95.6 Å². The highest BCUT2D eigenvalue weighted by Gasteiger charge is 2.21. The molecule has 0 unspecified atom stereocenters. The van der Waals surface area contributed by atoms with Gasteiger partial charge in [-0.25, -0.2) is 8.42 Å². The van der Waals surface area contributed by atoms with Crippen LogP contribution in [0.5, 0.6) is 0 Å². The van der Waals surface area contributed by atoms with Crippen LogP contribution >= 0.6 is 0 Å². The number of amides is 2. The molecule has 0 bridgehead atoms. The number of nitrogens with one attached hydrogen (secondary N) is 2. The highest BCUT2D eigenvalue weighted by atomic mass is 32.2. The molecule has 0 aromatic heterocycles. The summed E-state index contributed by atoms with van der Waals surface area (Å²) in [4.78, 5) is 26.1. The number of carbonyl (C=O) groups excluding carboxylic acids is 2. The van der Waals surface area contributed by atoms with E-state index in [0.29, 0.717) is 24.2 Å². The maximum absolute atomic E-state index is 12.5. The van der Waals surface area contributed by atoms with E-state index in [0.717, 1.165) is 35.2 Å². The van der Waals surface area contributed by atoms with Crippen molar-refractivity contribution in [3.8, 4) is 0 Å². The molecule has 0 radical (unpaired) electrons. The molecule has 34 heavy (non-hydrogen) atoms. The second-order valence-electron chi connectivity index (χ2n) is 7.94. The van der Waals surface area contributed by atoms with Gasteiger partial charge in [0.05, 0.1) is 5.41 Å². The minimum Gasteiger partial charge on any atom is -0.348 e. The third-order valence-electron chi connectivity index (χ3n) is 5.42. The van der Waals surface area contributed by atoms with Crippen molar-refractivity contribution in [3.63, 3.8) is 0 Å². The molecule has 2 amide bonds. The first kappa shape index (κ1) is 23.3. The zero-order valence-corrected chi connectivity index (χ0v) is 19.3. The van der Waals surface area contributed by atoms with Gasteiger partial charge in [-0.1, -0.05) is 42.5 Å². The fourth-order valence-corrected chi connectivity index (χ4v) is 4.49. The molecule has 174 valence electrons. The molecule has 2 N–H and O–H groups in total. The summed E-state index contributed by atoms with van der Waals surface area (Å²) in [5.74, 6) is -0.129. The van der Waals surface area contributed by atoms with E-state index in [1.54, 1.807) is 29.2 Å². The summed E-state index contributed by atoms with van der Waals surface area (Å²) >= 11 is 0. The van der Waals surface area contributed by atoms with Crippen LogP contribution < -0.4 is 14.9 Å². The molecule has 0 atom stereocenters. The highest BCUT2D eigenvalue weighted by molar-refractivity contribution is 7.95. The fourth-order valence-electron chi connectivity index (χ4n) is 3.62. The largest absolute Gasteiger partial charge is 0.348 e. The van der Waals surface area contributed by atoms with Gasteiger partial charge >= 0.3 is 0 Å². The van der Waals surface area contributed by atoms with Gasteiger partial charge in [-0.2, -0.15) is 0 Å². The highest BCUT2D eigenvalue weighted by Crippen LogP contribution is 2.21. The molecule has 1 aliphatic rings. The zero-order chi connectivity index (χ0) is 24.0. The predicted octanol–water partition coefficient (Wildman–Crippen LogP) is 4.16. The molecule has 7 nitrogen and oxygen atoms in total. The lowest BCUT2D eigenvalue weighted by Crippen LogP contribution is -2.24. The van der Waals surface area contributed by atoms with E-state index in [1.807, 2.05) is 54.6 Å². The average Bonchev–Trinajstić information content (AvgIpc) is 3.28. The number of anilines is 2. The van der Waals surface area contributed by atoms with Crippen molar-refractivity contribution in [2.45, 2.75) is 19.4 Å². The number of benzene rings is 3. The van der Waals surface area contributed by atoms with E-state index >= 15 is 0 Å². The van der Waals surface area contributed by atoms with Crippen molar-refractivity contribution in [1.82, 2.24) is 5.32 Å². The maximum Gasteiger partial charge on any atom is 0.255 e. The van der Waals surface area contributed by atoms with E-state index in [4.69, 9.17) is 0 Å². The molecule has 0 aliphatic carbocycles. The molecule has 3 aromatic carbocycles. The van der Waals surface area contributed by atoms with E-state index in [1.165, 1.54) is 6.08 Å². The van der Waals surface area contributed by atoms with Crippen molar-refractivity contribution in [1.29, 1.82) is 0 Å². The van der Waals surface area contributed by atoms with Crippen molar-refractivity contribution < 1.29 is 18.0 Å². The van der Waals surface area contributed by atoms with Gasteiger partial charge in [0.25, 0.3) is 15.9 Å². The molecular weight excluding hydrogens is 450 g/mol. The summed E-state index contributed by atoms with van der Waals surface area (Å²) in [5.41, 5.74) is 3.34. The van der Waals surface area contributed by atoms with Crippen LogP contribution in [0.25, 0.3) is 6.08 Å². The molecule has 4 rings (SSSR count). The van der Waals surface area contributed by atoms with Crippen LogP contribution in [0.4, 0.5) is 11.4 Å². The monoisotopic (exact) mass is 475 g/mol. The van der Waals surface area contributed by atoms with Gasteiger partial charge in [0.2, 0.25) is 5.91 Å². The molecule has 8 heteroatoms. The number of hydrogen-bond acceptors (Lipinski definition) is 4. The molecule has 1 fully saturated rings. The summed E-state index contributed by atoms with van der Waals surface area (Å²) in [7, 11) is -3.68. The lowest BCUT2D eigenvalue weighted by molar-refractivity contribution is -0.117. The second kappa shape index (κ2) is 10.4. The number of sulfonamides is 1. The lowest BCUT2D eigenvalue weighted by Gasteiger charge is -2.16. The maximum atomic E-state index is 12.5. The molecule has 0 saturated carbocycles. The van der Waals surface area contributed by atoms with Gasteiger partial charge in [-0.15, -0.1) is 0 Å². The minimum absolute atomic E-state index is 0.138. The van der Waals surface area contributed by atoms with Gasteiger partial charge in [0.15, 0.2) is 0 Å². The Hall–Kier alpha value is -3.91. The van der Waals surface area contributed by atoms with Gasteiger partial charge in [0.1, 0.15) is 0 Å². The first-order chi connectivity index (χ1) is 16.4. The van der Waals surface area contributed by atoms with Crippen molar-refractivity contribution in [2.24, 2.45) is 0 Å². The molecule has 3 aromatic rings. The average molecular weight is 476 g/mol. The quantitative estimate of drug-likeness (QED) is 0.512. The van der Waals surface area contributed by atoms with E-state index < -0.39 is 10.0 Å². The van der Waals surface area contributed by atoms with Crippen molar-refractivity contribution in [3.05, 3.63) is 101 Å². The van der Waals surface area contributed by atoms with Gasteiger partial charge in [0, 0.05) is 36.4 Å². The summed E-state index contributed by atoms with van der Waals surface area (Å²) in [5, 5.41) is 3.95. The molecule has 1 aliphatic heterocycles. The SMILES string of the molecule is O=C(NCc1ccc(N2CCCC2=O)cc1)c1ccc(NS(=O)(=O)/C=C/c2ccccc2)cc1. The third kappa shape index (κ3) is 6.11. The zero-order valence-electron chi connectivity index (χ0n) is 18.5. The van der Waals surface area contributed by atoms with Crippen LogP contribution in [0.2, 0.25) is 0 Å². The predicted molar refractivity (Wildman–Crippen MR) is 134 cm³/mol. The standard InChI is InChI=1S/C26H25N3O4S/c30-25-7-4-17-29(25)24-14-8-21(9-15-24)19-27-26(31)22-10-12-23(13-11-22)28-34(32,33)18-16-20-5-2-1-3-6-20/h1-3,5-6,8-16,18,28H,4,7,17,19H2,(H,27,31)/b18-16+. The Labute approximate surface area is 199 Å². The molecule has 1 heterocycles. The van der Waals surface area contributed by atoms with Gasteiger partial charge in [-0.05, 0) is 60.0 Å². The Kier molecular flexibility index (Phi) is 7.08. The van der Waals surface area contributed by atoms with E-state index in [-0.39, 0.29) is 11.8 Å². The number of rotatable bonds is 8. The van der Waals surface area contributed by atoms with Crippen LogP contribution in [-0.2, 0) is 21.4 Å². The fraction of sp³-hybridized carbons (Fsp3) is 0.154. The van der Waals surface area contributed by atoms with Gasteiger partial charge in [-0.3, -0.25) is 14.3 Å². The Morgan fingerprint density at radius 1 is 0.941 bits per heavy atom. The summed E-state index contributed by atoms with van der Waals surface area (Å²) < 4.78 is 27.0. The summed E-state index contributed by atoms with van der Waals surface area (Å²) in [6, 6.07) is 22.9. The Morgan fingerprint density at radius 3 is 2.29 bits per heavy atom. The van der Waals surface area contributed by atoms with Gasteiger partial charge < -0.3 is 10.2 Å². The normalized spacial score (nSPS) is 13.9. The Bertz CT molecular complexity index is 1290. The molecule has 0 spiro atoms. The first-order valence-electron chi connectivity index (χ1n) is 10.9. The first-order valence-corrected chi connectivity index (χ1v) is 12.5. The van der Waals surface area contributed by atoms with E-state index in [9.17, 15) is 18.0 Å². The second-order valence-corrected chi connectivity index (χ2v) is 9.50. The van der Waals surface area contributed by atoms with Crippen molar-refractivity contribution >= 4 is 39.3 Å². The minimum atomic E-state index is -3.68.